The van der Waals surface area contributed by atoms with Crippen LogP contribution in [0.2, 0.25) is 0 Å². The van der Waals surface area contributed by atoms with Gasteiger partial charge in [-0.2, -0.15) is 0 Å². The molecule has 1 aromatic rings. The van der Waals surface area contributed by atoms with Gasteiger partial charge in [0.1, 0.15) is 0 Å². The van der Waals surface area contributed by atoms with E-state index in [1.165, 1.54) is 36.4 Å². The van der Waals surface area contributed by atoms with E-state index in [-0.39, 0.29) is 5.41 Å². The van der Waals surface area contributed by atoms with Crippen LogP contribution in [-0.2, 0) is 11.8 Å². The molecule has 0 aromatic carbocycles. The molecule has 0 saturated carbocycles. The molecule has 3 heteroatoms. The zero-order chi connectivity index (χ0) is 13.6. The Bertz CT molecular complexity index is 339. The maximum absolute atomic E-state index is 4.75. The Hall–Kier alpha value is -0.410. The molecule has 0 bridgehead atoms. The van der Waals surface area contributed by atoms with Crippen molar-refractivity contribution in [1.29, 1.82) is 0 Å². The molecule has 0 spiro atoms. The smallest absolute Gasteiger partial charge is 0.0928 e. The predicted octanol–water partition coefficient (Wildman–Crippen LogP) is 4.15. The SMILES string of the molecule is CCCC(CCCc1nc(C(C)(C)C)cs1)NC. The summed E-state index contributed by atoms with van der Waals surface area (Å²) in [5.74, 6) is 0. The van der Waals surface area contributed by atoms with Crippen molar-refractivity contribution in [1.82, 2.24) is 10.3 Å². The summed E-state index contributed by atoms with van der Waals surface area (Å²) >= 11 is 1.82. The summed E-state index contributed by atoms with van der Waals surface area (Å²) < 4.78 is 0. The Labute approximate surface area is 116 Å². The van der Waals surface area contributed by atoms with Crippen molar-refractivity contribution in [2.75, 3.05) is 7.05 Å². The highest BCUT2D eigenvalue weighted by atomic mass is 32.1. The summed E-state index contributed by atoms with van der Waals surface area (Å²) in [6.45, 7) is 8.93. The first-order valence-electron chi connectivity index (χ1n) is 7.09. The highest BCUT2D eigenvalue weighted by Gasteiger charge is 2.17. The maximum Gasteiger partial charge on any atom is 0.0928 e. The molecule has 0 radical (unpaired) electrons. The number of rotatable bonds is 7. The van der Waals surface area contributed by atoms with Crippen LogP contribution in [0.15, 0.2) is 5.38 Å². The van der Waals surface area contributed by atoms with Gasteiger partial charge in [-0.05, 0) is 32.7 Å². The molecule has 1 unspecified atom stereocenters. The Morgan fingerprint density at radius 3 is 2.56 bits per heavy atom. The third-order valence-electron chi connectivity index (χ3n) is 3.31. The summed E-state index contributed by atoms with van der Waals surface area (Å²) in [7, 11) is 2.07. The fraction of sp³-hybridized carbons (Fsp3) is 0.800. The minimum atomic E-state index is 0.185. The van der Waals surface area contributed by atoms with Crippen molar-refractivity contribution in [3.8, 4) is 0 Å². The lowest BCUT2D eigenvalue weighted by molar-refractivity contribution is 0.469. The van der Waals surface area contributed by atoms with Gasteiger partial charge in [0, 0.05) is 16.8 Å². The second-order valence-electron chi connectivity index (χ2n) is 6.04. The van der Waals surface area contributed by atoms with Crippen LogP contribution in [-0.4, -0.2) is 18.1 Å². The van der Waals surface area contributed by atoms with E-state index >= 15 is 0 Å². The summed E-state index contributed by atoms with van der Waals surface area (Å²) in [6.07, 6.45) is 6.17. The lowest BCUT2D eigenvalue weighted by atomic mass is 9.93. The van der Waals surface area contributed by atoms with Gasteiger partial charge in [0.2, 0.25) is 0 Å². The highest BCUT2D eigenvalue weighted by molar-refractivity contribution is 7.09. The van der Waals surface area contributed by atoms with Crippen LogP contribution in [0.1, 0.15) is 64.1 Å². The van der Waals surface area contributed by atoms with Crippen LogP contribution in [0, 0.1) is 0 Å². The third kappa shape index (κ3) is 5.07. The van der Waals surface area contributed by atoms with E-state index in [2.05, 4.69) is 45.4 Å². The molecule has 0 aliphatic carbocycles. The normalized spacial score (nSPS) is 13.8. The van der Waals surface area contributed by atoms with Crippen molar-refractivity contribution in [3.63, 3.8) is 0 Å². The predicted molar refractivity (Wildman–Crippen MR) is 81.5 cm³/mol. The van der Waals surface area contributed by atoms with Gasteiger partial charge in [-0.3, -0.25) is 0 Å². The number of aromatic nitrogens is 1. The van der Waals surface area contributed by atoms with Crippen molar-refractivity contribution in [2.24, 2.45) is 0 Å². The number of aryl methyl sites for hydroxylation is 1. The summed E-state index contributed by atoms with van der Waals surface area (Å²) in [5.41, 5.74) is 1.42. The van der Waals surface area contributed by atoms with E-state index in [1.807, 2.05) is 11.3 Å². The second kappa shape index (κ2) is 7.25. The van der Waals surface area contributed by atoms with Gasteiger partial charge in [0.05, 0.1) is 10.7 Å². The largest absolute Gasteiger partial charge is 0.317 e. The number of hydrogen-bond acceptors (Lipinski definition) is 3. The Morgan fingerprint density at radius 2 is 2.06 bits per heavy atom. The average molecular weight is 268 g/mol. The van der Waals surface area contributed by atoms with Crippen molar-refractivity contribution in [3.05, 3.63) is 16.1 Å². The lowest BCUT2D eigenvalue weighted by Gasteiger charge is -2.15. The maximum atomic E-state index is 4.75. The quantitative estimate of drug-likeness (QED) is 0.803. The molecular formula is C15H28N2S. The lowest BCUT2D eigenvalue weighted by Crippen LogP contribution is -2.24. The molecule has 0 fully saturated rings. The Morgan fingerprint density at radius 1 is 1.33 bits per heavy atom. The highest BCUT2D eigenvalue weighted by Crippen LogP contribution is 2.24. The van der Waals surface area contributed by atoms with Gasteiger partial charge in [0.25, 0.3) is 0 Å². The van der Waals surface area contributed by atoms with E-state index in [0.29, 0.717) is 6.04 Å². The fourth-order valence-electron chi connectivity index (χ4n) is 2.05. The number of thiazole rings is 1. The molecule has 2 nitrogen and oxygen atoms in total. The molecule has 104 valence electrons. The molecule has 1 rings (SSSR count). The van der Waals surface area contributed by atoms with E-state index in [9.17, 15) is 0 Å². The summed E-state index contributed by atoms with van der Waals surface area (Å²) in [6, 6.07) is 0.678. The van der Waals surface area contributed by atoms with Gasteiger partial charge in [-0.25, -0.2) is 4.98 Å². The number of nitrogens with zero attached hydrogens (tertiary/aromatic N) is 1. The fourth-order valence-corrected chi connectivity index (χ4v) is 3.12. The molecule has 0 aliphatic heterocycles. The molecule has 1 aromatic heterocycles. The van der Waals surface area contributed by atoms with Crippen molar-refractivity contribution >= 4 is 11.3 Å². The third-order valence-corrected chi connectivity index (χ3v) is 4.22. The monoisotopic (exact) mass is 268 g/mol. The summed E-state index contributed by atoms with van der Waals surface area (Å²) in [5, 5.41) is 6.92. The average Bonchev–Trinajstić information content (AvgIpc) is 2.76. The van der Waals surface area contributed by atoms with E-state index in [4.69, 9.17) is 4.98 Å². The molecule has 1 atom stereocenters. The first-order chi connectivity index (χ1) is 8.47. The van der Waals surface area contributed by atoms with Gasteiger partial charge in [0.15, 0.2) is 0 Å². The molecular weight excluding hydrogens is 240 g/mol. The van der Waals surface area contributed by atoms with E-state index in [1.54, 1.807) is 0 Å². The number of hydrogen-bond donors (Lipinski definition) is 1. The molecule has 0 saturated heterocycles. The van der Waals surface area contributed by atoms with Crippen LogP contribution in [0.25, 0.3) is 0 Å². The second-order valence-corrected chi connectivity index (χ2v) is 6.99. The Kier molecular flexibility index (Phi) is 6.30. The van der Waals surface area contributed by atoms with Crippen LogP contribution in [0.3, 0.4) is 0 Å². The molecule has 0 amide bonds. The minimum absolute atomic E-state index is 0.185. The standard InChI is InChI=1S/C15H28N2S/c1-6-8-12(16-5)9-7-10-14-17-13(11-18-14)15(2,3)4/h11-12,16H,6-10H2,1-5H3. The molecule has 1 heterocycles. The van der Waals surface area contributed by atoms with Gasteiger partial charge in [-0.1, -0.05) is 34.1 Å². The first kappa shape index (κ1) is 15.6. The summed E-state index contributed by atoms with van der Waals surface area (Å²) in [4.78, 5) is 4.75. The topological polar surface area (TPSA) is 24.9 Å². The van der Waals surface area contributed by atoms with Crippen molar-refractivity contribution < 1.29 is 0 Å². The van der Waals surface area contributed by atoms with Gasteiger partial charge >= 0.3 is 0 Å². The molecule has 1 N–H and O–H groups in total. The minimum Gasteiger partial charge on any atom is -0.317 e. The number of nitrogens with one attached hydrogen (secondary N) is 1. The molecule has 0 aliphatic rings. The van der Waals surface area contributed by atoms with Crippen LogP contribution in [0.4, 0.5) is 0 Å². The zero-order valence-electron chi connectivity index (χ0n) is 12.5. The zero-order valence-corrected chi connectivity index (χ0v) is 13.4. The van der Waals surface area contributed by atoms with Crippen LogP contribution in [0.5, 0.6) is 0 Å². The van der Waals surface area contributed by atoms with E-state index < -0.39 is 0 Å². The van der Waals surface area contributed by atoms with Gasteiger partial charge in [-0.15, -0.1) is 11.3 Å². The molecule has 18 heavy (non-hydrogen) atoms. The Balaban J connectivity index is 2.37. The van der Waals surface area contributed by atoms with Crippen LogP contribution < -0.4 is 5.32 Å². The van der Waals surface area contributed by atoms with E-state index in [0.717, 1.165) is 6.42 Å². The van der Waals surface area contributed by atoms with Crippen LogP contribution >= 0.6 is 11.3 Å². The first-order valence-corrected chi connectivity index (χ1v) is 7.97. The van der Waals surface area contributed by atoms with Gasteiger partial charge < -0.3 is 5.32 Å². The van der Waals surface area contributed by atoms with Crippen molar-refractivity contribution in [2.45, 2.75) is 71.3 Å².